The Bertz CT molecular complexity index is 521. The number of nitrogens with zero attached hydrogens (tertiary/aromatic N) is 1. The highest BCUT2D eigenvalue weighted by Crippen LogP contribution is 2.47. The number of hydrogen-bond acceptors (Lipinski definition) is 3. The van der Waals surface area contributed by atoms with Crippen LogP contribution >= 0.6 is 0 Å². The zero-order valence-corrected chi connectivity index (χ0v) is 11.3. The lowest BCUT2D eigenvalue weighted by atomic mass is 9.89. The number of nitrogens with one attached hydrogen (secondary N) is 1. The van der Waals surface area contributed by atoms with Gasteiger partial charge in [-0.2, -0.15) is 0 Å². The third-order valence-electron chi connectivity index (χ3n) is 4.84. The minimum atomic E-state index is -0.450. The first-order chi connectivity index (χ1) is 9.63. The fourth-order valence-electron chi connectivity index (χ4n) is 3.89. The highest BCUT2D eigenvalue weighted by Gasteiger charge is 2.38. The summed E-state index contributed by atoms with van der Waals surface area (Å²) in [7, 11) is 0. The Labute approximate surface area is 117 Å². The second kappa shape index (κ2) is 5.48. The predicted octanol–water partition coefficient (Wildman–Crippen LogP) is 3.26. The van der Waals surface area contributed by atoms with Crippen molar-refractivity contribution in [2.24, 2.45) is 17.8 Å². The molecule has 2 fully saturated rings. The topological polar surface area (TPSA) is 55.2 Å². The molecular formula is C15H19FN2O2. The maximum absolute atomic E-state index is 13.2. The van der Waals surface area contributed by atoms with Gasteiger partial charge in [0.15, 0.2) is 0 Å². The molecule has 20 heavy (non-hydrogen) atoms. The van der Waals surface area contributed by atoms with Crippen LogP contribution in [0.3, 0.4) is 0 Å². The number of nitro groups is 1. The lowest BCUT2D eigenvalue weighted by Crippen LogP contribution is -2.26. The minimum Gasteiger partial charge on any atom is -0.312 e. The SMILES string of the molecule is O=[N+]([O-])c1ccc(F)cc1CNCC1CC2CCC1C2. The summed E-state index contributed by atoms with van der Waals surface area (Å²) in [6.07, 6.45) is 5.34. The molecule has 0 saturated heterocycles. The standard InChI is InChI=1S/C15H19FN2O2/c16-14-3-4-15(18(19)20)13(7-14)9-17-8-12-6-10-1-2-11(12)5-10/h3-4,7,10-12,17H,1-2,5-6,8-9H2. The van der Waals surface area contributed by atoms with Crippen LogP contribution in [0.15, 0.2) is 18.2 Å². The van der Waals surface area contributed by atoms with Crippen molar-refractivity contribution in [2.45, 2.75) is 32.2 Å². The lowest BCUT2D eigenvalue weighted by Gasteiger charge is -2.21. The van der Waals surface area contributed by atoms with E-state index in [1.807, 2.05) is 0 Å². The highest BCUT2D eigenvalue weighted by molar-refractivity contribution is 5.40. The molecule has 1 N–H and O–H groups in total. The molecule has 3 rings (SSSR count). The Morgan fingerprint density at radius 2 is 2.20 bits per heavy atom. The molecule has 2 saturated carbocycles. The molecule has 108 valence electrons. The van der Waals surface area contributed by atoms with Gasteiger partial charge in [-0.05, 0) is 55.7 Å². The molecule has 4 nitrogen and oxygen atoms in total. The smallest absolute Gasteiger partial charge is 0.274 e. The first-order valence-electron chi connectivity index (χ1n) is 7.27. The zero-order valence-electron chi connectivity index (χ0n) is 11.3. The van der Waals surface area contributed by atoms with E-state index in [0.29, 0.717) is 18.0 Å². The van der Waals surface area contributed by atoms with Gasteiger partial charge in [0, 0.05) is 18.2 Å². The second-order valence-electron chi connectivity index (χ2n) is 6.10. The van der Waals surface area contributed by atoms with Crippen LogP contribution in [0.1, 0.15) is 31.2 Å². The monoisotopic (exact) mass is 278 g/mol. The summed E-state index contributed by atoms with van der Waals surface area (Å²) in [6.45, 7) is 1.25. The summed E-state index contributed by atoms with van der Waals surface area (Å²) in [4.78, 5) is 10.5. The molecule has 3 unspecified atom stereocenters. The molecule has 2 bridgehead atoms. The van der Waals surface area contributed by atoms with Crippen molar-refractivity contribution in [2.75, 3.05) is 6.54 Å². The molecule has 3 atom stereocenters. The van der Waals surface area contributed by atoms with Gasteiger partial charge in [-0.15, -0.1) is 0 Å². The van der Waals surface area contributed by atoms with Crippen LogP contribution in [0.2, 0.25) is 0 Å². The van der Waals surface area contributed by atoms with Gasteiger partial charge in [0.2, 0.25) is 0 Å². The van der Waals surface area contributed by atoms with Crippen molar-refractivity contribution in [1.82, 2.24) is 5.32 Å². The van der Waals surface area contributed by atoms with E-state index in [0.717, 1.165) is 24.4 Å². The van der Waals surface area contributed by atoms with Crippen LogP contribution in [0.25, 0.3) is 0 Å². The van der Waals surface area contributed by atoms with Gasteiger partial charge in [0.25, 0.3) is 5.69 Å². The van der Waals surface area contributed by atoms with E-state index in [9.17, 15) is 14.5 Å². The highest BCUT2D eigenvalue weighted by atomic mass is 19.1. The van der Waals surface area contributed by atoms with Crippen molar-refractivity contribution < 1.29 is 9.31 Å². The minimum absolute atomic E-state index is 0.00755. The fraction of sp³-hybridized carbons (Fsp3) is 0.600. The van der Waals surface area contributed by atoms with E-state index >= 15 is 0 Å². The maximum atomic E-state index is 13.2. The molecule has 0 aliphatic heterocycles. The quantitative estimate of drug-likeness (QED) is 0.664. The molecule has 0 aromatic heterocycles. The van der Waals surface area contributed by atoms with E-state index in [1.165, 1.54) is 37.8 Å². The summed E-state index contributed by atoms with van der Waals surface area (Å²) in [5, 5.41) is 14.2. The third-order valence-corrected chi connectivity index (χ3v) is 4.84. The van der Waals surface area contributed by atoms with E-state index in [2.05, 4.69) is 5.32 Å². The Morgan fingerprint density at radius 1 is 1.35 bits per heavy atom. The Hall–Kier alpha value is -1.49. The van der Waals surface area contributed by atoms with Crippen molar-refractivity contribution in [3.05, 3.63) is 39.7 Å². The molecule has 1 aromatic rings. The second-order valence-corrected chi connectivity index (χ2v) is 6.10. The first-order valence-corrected chi connectivity index (χ1v) is 7.27. The third kappa shape index (κ3) is 2.68. The maximum Gasteiger partial charge on any atom is 0.274 e. The Morgan fingerprint density at radius 3 is 2.85 bits per heavy atom. The summed E-state index contributed by atoms with van der Waals surface area (Å²) >= 11 is 0. The average Bonchev–Trinajstić information content (AvgIpc) is 3.00. The number of halogens is 1. The van der Waals surface area contributed by atoms with E-state index in [-0.39, 0.29) is 5.69 Å². The Kier molecular flexibility index (Phi) is 3.70. The van der Waals surface area contributed by atoms with Crippen LogP contribution in [-0.4, -0.2) is 11.5 Å². The predicted molar refractivity (Wildman–Crippen MR) is 73.7 cm³/mol. The van der Waals surface area contributed by atoms with E-state index in [1.54, 1.807) is 0 Å². The van der Waals surface area contributed by atoms with E-state index in [4.69, 9.17) is 0 Å². The summed E-state index contributed by atoms with van der Waals surface area (Å²) in [5.74, 6) is 2.00. The van der Waals surface area contributed by atoms with Crippen molar-refractivity contribution in [1.29, 1.82) is 0 Å². The van der Waals surface area contributed by atoms with Crippen molar-refractivity contribution in [3.63, 3.8) is 0 Å². The average molecular weight is 278 g/mol. The van der Waals surface area contributed by atoms with Gasteiger partial charge in [-0.25, -0.2) is 4.39 Å². The van der Waals surface area contributed by atoms with Crippen LogP contribution < -0.4 is 5.32 Å². The first kappa shape index (κ1) is 13.5. The lowest BCUT2D eigenvalue weighted by molar-refractivity contribution is -0.385. The number of hydrogen-bond donors (Lipinski definition) is 1. The van der Waals surface area contributed by atoms with Crippen molar-refractivity contribution >= 4 is 5.69 Å². The summed E-state index contributed by atoms with van der Waals surface area (Å²) in [5.41, 5.74) is 0.421. The summed E-state index contributed by atoms with van der Waals surface area (Å²) < 4.78 is 13.2. The van der Waals surface area contributed by atoms with Gasteiger partial charge >= 0.3 is 0 Å². The molecule has 0 radical (unpaired) electrons. The molecule has 1 aromatic carbocycles. The van der Waals surface area contributed by atoms with E-state index < -0.39 is 10.7 Å². The van der Waals surface area contributed by atoms with Gasteiger partial charge < -0.3 is 5.32 Å². The molecule has 5 heteroatoms. The van der Waals surface area contributed by atoms with Crippen LogP contribution in [-0.2, 0) is 6.54 Å². The normalized spacial score (nSPS) is 27.9. The molecule has 0 amide bonds. The van der Waals surface area contributed by atoms with Gasteiger partial charge in [0.05, 0.1) is 4.92 Å². The number of fused-ring (bicyclic) bond motifs is 2. The van der Waals surface area contributed by atoms with Crippen LogP contribution in [0, 0.1) is 33.7 Å². The van der Waals surface area contributed by atoms with Gasteiger partial charge in [-0.3, -0.25) is 10.1 Å². The summed E-state index contributed by atoms with van der Waals surface area (Å²) in [6, 6.07) is 3.63. The molecule has 2 aliphatic rings. The van der Waals surface area contributed by atoms with Crippen LogP contribution in [0.4, 0.5) is 10.1 Å². The number of rotatable bonds is 5. The zero-order chi connectivity index (χ0) is 14.1. The molecule has 0 heterocycles. The van der Waals surface area contributed by atoms with Gasteiger partial charge in [-0.1, -0.05) is 6.42 Å². The fourth-order valence-corrected chi connectivity index (χ4v) is 3.89. The molecular weight excluding hydrogens is 259 g/mol. The van der Waals surface area contributed by atoms with Crippen molar-refractivity contribution in [3.8, 4) is 0 Å². The number of nitro benzene ring substituents is 1. The van der Waals surface area contributed by atoms with Crippen LogP contribution in [0.5, 0.6) is 0 Å². The molecule has 2 aliphatic carbocycles. The Balaban J connectivity index is 1.58. The molecule has 0 spiro atoms. The van der Waals surface area contributed by atoms with Gasteiger partial charge in [0.1, 0.15) is 5.82 Å². The largest absolute Gasteiger partial charge is 0.312 e. The number of benzene rings is 1.